The predicted molar refractivity (Wildman–Crippen MR) is 115 cm³/mol. The van der Waals surface area contributed by atoms with Crippen LogP contribution >= 0.6 is 0 Å². The van der Waals surface area contributed by atoms with Gasteiger partial charge in [-0.15, -0.1) is 20.4 Å². The highest BCUT2D eigenvalue weighted by Crippen LogP contribution is 2.30. The van der Waals surface area contributed by atoms with Crippen molar-refractivity contribution in [1.29, 1.82) is 0 Å². The van der Waals surface area contributed by atoms with Crippen LogP contribution in [-0.4, -0.2) is 49.7 Å². The van der Waals surface area contributed by atoms with Gasteiger partial charge in [0.2, 0.25) is 5.82 Å². The van der Waals surface area contributed by atoms with Gasteiger partial charge in [-0.05, 0) is 60.1 Å². The molecule has 1 aromatic heterocycles. The van der Waals surface area contributed by atoms with Gasteiger partial charge in [0.05, 0.1) is 5.56 Å². The number of esters is 1. The largest absolute Gasteiger partial charge is 0.458 e. The van der Waals surface area contributed by atoms with Gasteiger partial charge in [0.25, 0.3) is 0 Å². The molecule has 1 heterocycles. The van der Waals surface area contributed by atoms with Crippen LogP contribution < -0.4 is 5.32 Å². The molecule has 2 rings (SSSR count). The Morgan fingerprint density at radius 3 is 1.88 bits per heavy atom. The van der Waals surface area contributed by atoms with Crippen molar-refractivity contribution >= 4 is 12.1 Å². The summed E-state index contributed by atoms with van der Waals surface area (Å²) >= 11 is 0. The van der Waals surface area contributed by atoms with E-state index in [1.807, 2.05) is 0 Å². The summed E-state index contributed by atoms with van der Waals surface area (Å²) in [5.74, 6) is -0.427. The lowest BCUT2D eigenvalue weighted by atomic mass is 10.1. The normalized spacial score (nSPS) is 13.2. The summed E-state index contributed by atoms with van der Waals surface area (Å²) in [7, 11) is 0. The van der Waals surface area contributed by atoms with Crippen LogP contribution in [0.5, 0.6) is 0 Å². The zero-order valence-corrected chi connectivity index (χ0v) is 19.9. The van der Waals surface area contributed by atoms with Crippen molar-refractivity contribution in [2.24, 2.45) is 0 Å². The van der Waals surface area contributed by atoms with Crippen molar-refractivity contribution in [3.8, 4) is 11.4 Å². The van der Waals surface area contributed by atoms with Crippen LogP contribution in [-0.2, 0) is 26.9 Å². The zero-order chi connectivity index (χ0) is 25.7. The van der Waals surface area contributed by atoms with E-state index in [0.717, 1.165) is 12.1 Å². The van der Waals surface area contributed by atoms with Crippen LogP contribution in [0.3, 0.4) is 0 Å². The van der Waals surface area contributed by atoms with E-state index in [-0.39, 0.29) is 24.5 Å². The number of amides is 1. The van der Waals surface area contributed by atoms with E-state index in [1.165, 1.54) is 12.1 Å². The number of hydrogen-bond donors (Lipinski definition) is 1. The van der Waals surface area contributed by atoms with Gasteiger partial charge in [0, 0.05) is 12.0 Å². The summed E-state index contributed by atoms with van der Waals surface area (Å²) < 4.78 is 48.7. The van der Waals surface area contributed by atoms with Gasteiger partial charge < -0.3 is 14.8 Å². The van der Waals surface area contributed by atoms with Crippen LogP contribution in [0, 0.1) is 0 Å². The second kappa shape index (κ2) is 10.3. The summed E-state index contributed by atoms with van der Waals surface area (Å²) in [6.45, 7) is 10.2. The third kappa shape index (κ3) is 8.91. The summed E-state index contributed by atoms with van der Waals surface area (Å²) in [6.07, 6.45) is -5.03. The average molecular weight is 483 g/mol. The molecule has 1 N–H and O–H groups in total. The molecule has 0 aliphatic heterocycles. The third-order valence-corrected chi connectivity index (χ3v) is 4.03. The van der Waals surface area contributed by atoms with Crippen LogP contribution in [0.4, 0.5) is 18.0 Å². The number of hydrogen-bond acceptors (Lipinski definition) is 8. The van der Waals surface area contributed by atoms with E-state index < -0.39 is 41.0 Å². The lowest BCUT2D eigenvalue weighted by Gasteiger charge is -2.26. The van der Waals surface area contributed by atoms with Crippen LogP contribution in [0.15, 0.2) is 24.3 Å². The molecule has 1 amide bonds. The molecule has 0 radical (unpaired) electrons. The molecule has 0 aliphatic carbocycles. The first-order chi connectivity index (χ1) is 15.5. The van der Waals surface area contributed by atoms with Gasteiger partial charge >= 0.3 is 18.2 Å². The lowest BCUT2D eigenvalue weighted by molar-refractivity contribution is -0.157. The molecule has 0 fully saturated rings. The molecule has 0 saturated heterocycles. The van der Waals surface area contributed by atoms with E-state index in [0.29, 0.717) is 5.56 Å². The average Bonchev–Trinajstić information content (AvgIpc) is 2.68. The highest BCUT2D eigenvalue weighted by molar-refractivity contribution is 5.81. The van der Waals surface area contributed by atoms with E-state index >= 15 is 0 Å². The van der Waals surface area contributed by atoms with Gasteiger partial charge in [-0.25, -0.2) is 9.59 Å². The van der Waals surface area contributed by atoms with Crippen LogP contribution in [0.2, 0.25) is 0 Å². The number of ether oxygens (including phenoxy) is 2. The van der Waals surface area contributed by atoms with Crippen molar-refractivity contribution in [2.75, 3.05) is 0 Å². The fourth-order valence-electron chi connectivity index (χ4n) is 2.62. The van der Waals surface area contributed by atoms with E-state index in [9.17, 15) is 22.8 Å². The first-order valence-electron chi connectivity index (χ1n) is 10.5. The Labute approximate surface area is 195 Å². The second-order valence-corrected chi connectivity index (χ2v) is 9.49. The molecule has 0 aliphatic rings. The number of aromatic nitrogens is 4. The molecule has 1 atom stereocenters. The summed E-state index contributed by atoms with van der Waals surface area (Å²) in [6, 6.07) is 3.25. The maximum absolute atomic E-state index is 12.7. The standard InChI is InChI=1S/C22H28F3N5O4/c1-20(2,3)33-18(31)15(26-19(32)34-21(4,5)6)11-12-16-27-29-17(30-28-16)13-7-9-14(10-8-13)22(23,24)25/h7-10,15H,11-12H2,1-6H3,(H,26,32)/t15-/m0/s1. The highest BCUT2D eigenvalue weighted by Gasteiger charge is 2.30. The highest BCUT2D eigenvalue weighted by atomic mass is 19.4. The number of alkyl halides is 3. The van der Waals surface area contributed by atoms with Crippen molar-refractivity contribution in [2.45, 2.75) is 77.8 Å². The molecule has 2 aromatic rings. The van der Waals surface area contributed by atoms with Crippen molar-refractivity contribution in [3.05, 3.63) is 35.7 Å². The first kappa shape index (κ1) is 26.9. The number of aryl methyl sites for hydroxylation is 1. The fraction of sp³-hybridized carbons (Fsp3) is 0.545. The Kier molecular flexibility index (Phi) is 8.17. The summed E-state index contributed by atoms with van der Waals surface area (Å²) in [5, 5.41) is 18.2. The monoisotopic (exact) mass is 483 g/mol. The lowest BCUT2D eigenvalue weighted by Crippen LogP contribution is -2.46. The van der Waals surface area contributed by atoms with Gasteiger partial charge in [-0.2, -0.15) is 13.2 Å². The van der Waals surface area contributed by atoms with Crippen LogP contribution in [0.25, 0.3) is 11.4 Å². The molecule has 0 bridgehead atoms. The number of nitrogens with zero attached hydrogens (tertiary/aromatic N) is 4. The minimum absolute atomic E-state index is 0.0491. The Bertz CT molecular complexity index is 982. The Balaban J connectivity index is 2.08. The smallest absolute Gasteiger partial charge is 0.416 e. The van der Waals surface area contributed by atoms with E-state index in [1.54, 1.807) is 41.5 Å². The predicted octanol–water partition coefficient (Wildman–Crippen LogP) is 4.12. The Morgan fingerprint density at radius 2 is 1.41 bits per heavy atom. The quantitative estimate of drug-likeness (QED) is 0.610. The van der Waals surface area contributed by atoms with Gasteiger partial charge in [-0.1, -0.05) is 12.1 Å². The second-order valence-electron chi connectivity index (χ2n) is 9.49. The number of carbonyl (C=O) groups is 2. The molecule has 0 saturated carbocycles. The maximum atomic E-state index is 12.7. The molecule has 1 aromatic carbocycles. The van der Waals surface area contributed by atoms with Gasteiger partial charge in [-0.3, -0.25) is 0 Å². The minimum Gasteiger partial charge on any atom is -0.458 e. The Hall–Kier alpha value is -3.31. The third-order valence-electron chi connectivity index (χ3n) is 4.03. The minimum atomic E-state index is -4.45. The summed E-state index contributed by atoms with van der Waals surface area (Å²) in [5.41, 5.74) is -2.00. The SMILES string of the molecule is CC(C)(C)OC(=O)N[C@@H](CCc1nnc(-c2ccc(C(F)(F)F)cc2)nn1)C(=O)OC(C)(C)C. The van der Waals surface area contributed by atoms with Gasteiger partial charge in [0.15, 0.2) is 5.82 Å². The van der Waals surface area contributed by atoms with E-state index in [4.69, 9.17) is 9.47 Å². The number of halogens is 3. The van der Waals surface area contributed by atoms with Crippen molar-refractivity contribution in [3.63, 3.8) is 0 Å². The summed E-state index contributed by atoms with van der Waals surface area (Å²) in [4.78, 5) is 24.7. The Morgan fingerprint density at radius 1 is 0.882 bits per heavy atom. The number of nitrogens with one attached hydrogen (secondary N) is 1. The fourth-order valence-corrected chi connectivity index (χ4v) is 2.62. The topological polar surface area (TPSA) is 116 Å². The molecule has 0 spiro atoms. The molecule has 0 unspecified atom stereocenters. The molecule has 186 valence electrons. The first-order valence-corrected chi connectivity index (χ1v) is 10.5. The number of benzene rings is 1. The zero-order valence-electron chi connectivity index (χ0n) is 19.9. The molecule has 12 heteroatoms. The van der Waals surface area contributed by atoms with Gasteiger partial charge in [0.1, 0.15) is 17.2 Å². The van der Waals surface area contributed by atoms with E-state index in [2.05, 4.69) is 25.7 Å². The number of carbonyl (C=O) groups excluding carboxylic acids is 2. The molecular weight excluding hydrogens is 455 g/mol. The number of alkyl carbamates (subject to hydrolysis) is 1. The molecule has 9 nitrogen and oxygen atoms in total. The van der Waals surface area contributed by atoms with Crippen molar-refractivity contribution in [1.82, 2.24) is 25.7 Å². The number of rotatable bonds is 6. The molecule has 34 heavy (non-hydrogen) atoms. The maximum Gasteiger partial charge on any atom is 0.416 e. The van der Waals surface area contributed by atoms with Crippen LogP contribution in [0.1, 0.15) is 59.4 Å². The molecular formula is C22H28F3N5O4. The van der Waals surface area contributed by atoms with Crippen molar-refractivity contribution < 1.29 is 32.2 Å².